The minimum atomic E-state index is -0.0702. The Kier molecular flexibility index (Phi) is 7.77. The van der Waals surface area contributed by atoms with E-state index in [-0.39, 0.29) is 11.7 Å². The number of aromatic nitrogens is 3. The van der Waals surface area contributed by atoms with Crippen molar-refractivity contribution >= 4 is 17.7 Å². The third-order valence-corrected chi connectivity index (χ3v) is 5.62. The number of thioether (sulfide) groups is 1. The van der Waals surface area contributed by atoms with Crippen molar-refractivity contribution in [3.63, 3.8) is 0 Å². The van der Waals surface area contributed by atoms with E-state index in [1.807, 2.05) is 54.0 Å². The van der Waals surface area contributed by atoms with E-state index in [0.717, 1.165) is 16.9 Å². The van der Waals surface area contributed by atoms with Gasteiger partial charge in [-0.1, -0.05) is 23.9 Å². The van der Waals surface area contributed by atoms with Crippen molar-refractivity contribution in [1.29, 1.82) is 0 Å². The summed E-state index contributed by atoms with van der Waals surface area (Å²) in [4.78, 5) is 12.3. The summed E-state index contributed by atoms with van der Waals surface area (Å²) in [6.45, 7) is 3.15. The van der Waals surface area contributed by atoms with Gasteiger partial charge in [-0.25, -0.2) is 0 Å². The summed E-state index contributed by atoms with van der Waals surface area (Å²) < 4.78 is 17.8. The van der Waals surface area contributed by atoms with Gasteiger partial charge in [0.15, 0.2) is 22.5 Å². The van der Waals surface area contributed by atoms with E-state index in [2.05, 4.69) is 15.5 Å². The number of carbonyl (C=O) groups is 1. The maximum Gasteiger partial charge on any atom is 0.230 e. The highest BCUT2D eigenvalue weighted by molar-refractivity contribution is 7.99. The van der Waals surface area contributed by atoms with Crippen molar-refractivity contribution < 1.29 is 19.0 Å². The number of amides is 1. The molecule has 0 bridgehead atoms. The monoisotopic (exact) mass is 442 g/mol. The average molecular weight is 443 g/mol. The zero-order valence-electron chi connectivity index (χ0n) is 18.0. The van der Waals surface area contributed by atoms with Crippen LogP contribution in [0.25, 0.3) is 11.4 Å². The Morgan fingerprint density at radius 3 is 2.39 bits per heavy atom. The normalized spacial score (nSPS) is 10.6. The number of rotatable bonds is 10. The Labute approximate surface area is 185 Å². The number of hydrogen-bond acceptors (Lipinski definition) is 7. The molecule has 0 saturated heterocycles. The molecule has 1 amide bonds. The Bertz CT molecular complexity index is 1020. The molecule has 3 aromatic rings. The van der Waals surface area contributed by atoms with Gasteiger partial charge in [0.25, 0.3) is 0 Å². The quantitative estimate of drug-likeness (QED) is 0.482. The first-order chi connectivity index (χ1) is 15.1. The Balaban J connectivity index is 1.63. The van der Waals surface area contributed by atoms with Crippen molar-refractivity contribution in [2.75, 3.05) is 27.1 Å². The van der Waals surface area contributed by atoms with Crippen molar-refractivity contribution in [1.82, 2.24) is 20.1 Å². The maximum absolute atomic E-state index is 12.3. The lowest BCUT2D eigenvalue weighted by atomic mass is 10.2. The Morgan fingerprint density at radius 2 is 1.74 bits per heavy atom. The lowest BCUT2D eigenvalue weighted by Crippen LogP contribution is -2.24. The molecule has 0 atom stereocenters. The lowest BCUT2D eigenvalue weighted by Gasteiger charge is -2.11. The minimum Gasteiger partial charge on any atom is -0.497 e. The van der Waals surface area contributed by atoms with Crippen LogP contribution >= 0.6 is 11.8 Å². The van der Waals surface area contributed by atoms with Gasteiger partial charge in [0, 0.05) is 18.7 Å². The fraction of sp³-hybridized carbons (Fsp3) is 0.318. The van der Waals surface area contributed by atoms with Crippen molar-refractivity contribution in [2.24, 2.45) is 0 Å². The zero-order chi connectivity index (χ0) is 22.2. The summed E-state index contributed by atoms with van der Waals surface area (Å²) in [6.07, 6.45) is 0. The molecule has 1 heterocycles. The molecular weight excluding hydrogens is 416 g/mol. The van der Waals surface area contributed by atoms with Crippen LogP contribution in [0.1, 0.15) is 12.5 Å². The molecule has 0 spiro atoms. The van der Waals surface area contributed by atoms with Gasteiger partial charge < -0.3 is 24.1 Å². The van der Waals surface area contributed by atoms with Gasteiger partial charge >= 0.3 is 0 Å². The summed E-state index contributed by atoms with van der Waals surface area (Å²) in [7, 11) is 4.82. The average Bonchev–Trinajstić information content (AvgIpc) is 3.24. The maximum atomic E-state index is 12.3. The molecule has 0 aliphatic heterocycles. The fourth-order valence-electron chi connectivity index (χ4n) is 2.99. The van der Waals surface area contributed by atoms with Crippen LogP contribution < -0.4 is 19.5 Å². The molecule has 1 N–H and O–H groups in total. The molecule has 164 valence electrons. The number of hydrogen-bond donors (Lipinski definition) is 1. The molecule has 8 nitrogen and oxygen atoms in total. The third-order valence-electron chi connectivity index (χ3n) is 4.66. The molecule has 0 aliphatic rings. The number of methoxy groups -OCH3 is 3. The third kappa shape index (κ3) is 5.49. The summed E-state index contributed by atoms with van der Waals surface area (Å²) in [5.41, 5.74) is 1.87. The molecule has 0 unspecified atom stereocenters. The predicted molar refractivity (Wildman–Crippen MR) is 120 cm³/mol. The molecule has 0 aliphatic carbocycles. The molecule has 3 rings (SSSR count). The second-order valence-electron chi connectivity index (χ2n) is 6.53. The minimum absolute atomic E-state index is 0.0702. The van der Waals surface area contributed by atoms with E-state index in [1.165, 1.54) is 11.8 Å². The van der Waals surface area contributed by atoms with Crippen LogP contribution in [-0.4, -0.2) is 47.8 Å². The summed E-state index contributed by atoms with van der Waals surface area (Å²) in [5, 5.41) is 12.2. The van der Waals surface area contributed by atoms with E-state index in [1.54, 1.807) is 21.3 Å². The standard InChI is InChI=1S/C22H26N4O4S/c1-5-26-21(16-8-11-18(29-3)19(12-16)30-4)24-25-22(26)31-14-20(27)23-13-15-6-9-17(28-2)10-7-15/h6-12H,5,13-14H2,1-4H3,(H,23,27). The highest BCUT2D eigenvalue weighted by atomic mass is 32.2. The molecule has 1 aromatic heterocycles. The van der Waals surface area contributed by atoms with Gasteiger partial charge in [-0.3, -0.25) is 4.79 Å². The highest BCUT2D eigenvalue weighted by Crippen LogP contribution is 2.32. The van der Waals surface area contributed by atoms with Crippen LogP contribution in [0.4, 0.5) is 0 Å². The lowest BCUT2D eigenvalue weighted by molar-refractivity contribution is -0.118. The van der Waals surface area contributed by atoms with Crippen LogP contribution in [-0.2, 0) is 17.9 Å². The number of nitrogens with zero attached hydrogens (tertiary/aromatic N) is 3. The zero-order valence-corrected chi connectivity index (χ0v) is 18.9. The van der Waals surface area contributed by atoms with Gasteiger partial charge in [0.1, 0.15) is 5.75 Å². The molecule has 0 fully saturated rings. The number of nitrogens with one attached hydrogen (secondary N) is 1. The first-order valence-corrected chi connectivity index (χ1v) is 10.8. The van der Waals surface area contributed by atoms with E-state index in [0.29, 0.717) is 35.6 Å². The van der Waals surface area contributed by atoms with Crippen LogP contribution in [0.3, 0.4) is 0 Å². The predicted octanol–water partition coefficient (Wildman–Crippen LogP) is 3.40. The van der Waals surface area contributed by atoms with Gasteiger partial charge in [-0.15, -0.1) is 10.2 Å². The molecule has 31 heavy (non-hydrogen) atoms. The van der Waals surface area contributed by atoms with Gasteiger partial charge in [0.2, 0.25) is 5.91 Å². The van der Waals surface area contributed by atoms with Gasteiger partial charge in [0.05, 0.1) is 27.1 Å². The molecule has 0 saturated carbocycles. The van der Waals surface area contributed by atoms with E-state index in [4.69, 9.17) is 14.2 Å². The Hall–Kier alpha value is -3.20. The Morgan fingerprint density at radius 1 is 1.00 bits per heavy atom. The first kappa shape index (κ1) is 22.5. The van der Waals surface area contributed by atoms with E-state index < -0.39 is 0 Å². The summed E-state index contributed by atoms with van der Waals surface area (Å²) in [6, 6.07) is 13.2. The van der Waals surface area contributed by atoms with Crippen molar-refractivity contribution in [3.8, 4) is 28.6 Å². The van der Waals surface area contributed by atoms with E-state index >= 15 is 0 Å². The topological polar surface area (TPSA) is 87.5 Å². The fourth-order valence-corrected chi connectivity index (χ4v) is 3.83. The van der Waals surface area contributed by atoms with Crippen molar-refractivity contribution in [2.45, 2.75) is 25.2 Å². The van der Waals surface area contributed by atoms with Crippen LogP contribution in [0.15, 0.2) is 47.6 Å². The molecule has 9 heteroatoms. The highest BCUT2D eigenvalue weighted by Gasteiger charge is 2.16. The van der Waals surface area contributed by atoms with E-state index in [9.17, 15) is 4.79 Å². The second-order valence-corrected chi connectivity index (χ2v) is 7.48. The smallest absolute Gasteiger partial charge is 0.230 e. The largest absolute Gasteiger partial charge is 0.497 e. The van der Waals surface area contributed by atoms with Gasteiger partial charge in [-0.05, 0) is 42.8 Å². The van der Waals surface area contributed by atoms with Crippen LogP contribution in [0.2, 0.25) is 0 Å². The van der Waals surface area contributed by atoms with Crippen molar-refractivity contribution in [3.05, 3.63) is 48.0 Å². The number of benzene rings is 2. The number of ether oxygens (including phenoxy) is 3. The molecule has 2 aromatic carbocycles. The summed E-state index contributed by atoms with van der Waals surface area (Å²) >= 11 is 1.36. The van der Waals surface area contributed by atoms with Gasteiger partial charge in [-0.2, -0.15) is 0 Å². The summed E-state index contributed by atoms with van der Waals surface area (Å²) in [5.74, 6) is 2.95. The molecule has 0 radical (unpaired) electrons. The number of carbonyl (C=O) groups excluding carboxylic acids is 1. The molecular formula is C22H26N4O4S. The van der Waals surface area contributed by atoms with Crippen LogP contribution in [0, 0.1) is 0 Å². The second kappa shape index (κ2) is 10.7. The van der Waals surface area contributed by atoms with Crippen LogP contribution in [0.5, 0.6) is 17.2 Å². The first-order valence-electron chi connectivity index (χ1n) is 9.77. The SMILES string of the molecule is CCn1c(SCC(=O)NCc2ccc(OC)cc2)nnc1-c1ccc(OC)c(OC)c1.